The van der Waals surface area contributed by atoms with E-state index in [1.807, 2.05) is 19.9 Å². The number of methoxy groups -OCH3 is 1. The molecule has 2 aromatic rings. The molecule has 0 aliphatic heterocycles. The number of ether oxygens (including phenoxy) is 2. The molecule has 0 bridgehead atoms. The summed E-state index contributed by atoms with van der Waals surface area (Å²) in [6.45, 7) is 6.02. The molecule has 0 radical (unpaired) electrons. The molecule has 0 aliphatic carbocycles. The standard InChI is InChI=1S/C25H35N3O6S/c1-6-23(25(30)26-7-2)27(17-19-10-9-11-22(16-19)33-4)24(29)18-28(35(5,31)32)20-12-14-21(15-13-20)34-8-3/h9-16,23H,6-8,17-18H2,1-5H3,(H,26,30)/t23-/m0/s1. The first-order valence-electron chi connectivity index (χ1n) is 11.5. The Morgan fingerprint density at radius 2 is 1.71 bits per heavy atom. The van der Waals surface area contributed by atoms with Crippen LogP contribution in [0.15, 0.2) is 48.5 Å². The van der Waals surface area contributed by atoms with Gasteiger partial charge in [-0.05, 0) is 62.2 Å². The third-order valence-corrected chi connectivity index (χ3v) is 6.48. The smallest absolute Gasteiger partial charge is 0.244 e. The second-order valence-electron chi connectivity index (χ2n) is 7.89. The zero-order valence-corrected chi connectivity index (χ0v) is 21.8. The number of anilines is 1. The minimum atomic E-state index is -3.79. The third-order valence-electron chi connectivity index (χ3n) is 5.34. The predicted molar refractivity (Wildman–Crippen MR) is 136 cm³/mol. The van der Waals surface area contributed by atoms with E-state index in [1.165, 1.54) is 4.90 Å². The zero-order chi connectivity index (χ0) is 26.0. The number of hydrogen-bond donors (Lipinski definition) is 1. The van der Waals surface area contributed by atoms with E-state index in [4.69, 9.17) is 9.47 Å². The summed E-state index contributed by atoms with van der Waals surface area (Å²) in [5, 5.41) is 2.77. The molecule has 10 heteroatoms. The number of nitrogens with zero attached hydrogens (tertiary/aromatic N) is 2. The van der Waals surface area contributed by atoms with Crippen LogP contribution < -0.4 is 19.1 Å². The van der Waals surface area contributed by atoms with Crippen LogP contribution >= 0.6 is 0 Å². The van der Waals surface area contributed by atoms with E-state index in [0.717, 1.165) is 16.1 Å². The fourth-order valence-electron chi connectivity index (χ4n) is 3.67. The van der Waals surface area contributed by atoms with E-state index >= 15 is 0 Å². The quantitative estimate of drug-likeness (QED) is 0.449. The van der Waals surface area contributed by atoms with Crippen molar-refractivity contribution >= 4 is 27.5 Å². The molecule has 35 heavy (non-hydrogen) atoms. The minimum absolute atomic E-state index is 0.118. The normalized spacial score (nSPS) is 11.9. The largest absolute Gasteiger partial charge is 0.497 e. The van der Waals surface area contributed by atoms with Gasteiger partial charge in [0.05, 0.1) is 25.7 Å². The zero-order valence-electron chi connectivity index (χ0n) is 21.0. The van der Waals surface area contributed by atoms with Gasteiger partial charge >= 0.3 is 0 Å². The number of amides is 2. The summed E-state index contributed by atoms with van der Waals surface area (Å²) in [7, 11) is -2.25. The molecule has 1 atom stereocenters. The summed E-state index contributed by atoms with van der Waals surface area (Å²) in [5.41, 5.74) is 1.09. The van der Waals surface area contributed by atoms with Gasteiger partial charge in [-0.1, -0.05) is 19.1 Å². The Hall–Kier alpha value is -3.27. The van der Waals surface area contributed by atoms with Crippen molar-refractivity contribution in [1.29, 1.82) is 0 Å². The molecule has 0 heterocycles. The van der Waals surface area contributed by atoms with E-state index in [2.05, 4.69) is 5.32 Å². The van der Waals surface area contributed by atoms with Crippen LogP contribution in [0.25, 0.3) is 0 Å². The van der Waals surface area contributed by atoms with E-state index in [0.29, 0.717) is 36.8 Å². The molecular weight excluding hydrogens is 470 g/mol. The maximum atomic E-state index is 13.6. The van der Waals surface area contributed by atoms with E-state index < -0.39 is 28.5 Å². The molecule has 0 aromatic heterocycles. The van der Waals surface area contributed by atoms with Gasteiger partial charge in [0.1, 0.15) is 24.1 Å². The van der Waals surface area contributed by atoms with Gasteiger partial charge < -0.3 is 19.7 Å². The van der Waals surface area contributed by atoms with Crippen molar-refractivity contribution < 1.29 is 27.5 Å². The van der Waals surface area contributed by atoms with Gasteiger partial charge in [-0.15, -0.1) is 0 Å². The number of sulfonamides is 1. The van der Waals surface area contributed by atoms with E-state index in [9.17, 15) is 18.0 Å². The highest BCUT2D eigenvalue weighted by molar-refractivity contribution is 7.92. The Bertz CT molecular complexity index is 1090. The topological polar surface area (TPSA) is 105 Å². The molecule has 2 aromatic carbocycles. The molecule has 2 amide bonds. The van der Waals surface area contributed by atoms with Gasteiger partial charge in [-0.2, -0.15) is 0 Å². The van der Waals surface area contributed by atoms with Gasteiger partial charge in [-0.25, -0.2) is 8.42 Å². The van der Waals surface area contributed by atoms with Gasteiger partial charge in [0, 0.05) is 13.1 Å². The molecule has 9 nitrogen and oxygen atoms in total. The van der Waals surface area contributed by atoms with Crippen LogP contribution in [0.1, 0.15) is 32.8 Å². The SMILES string of the molecule is CCNC(=O)[C@H](CC)N(Cc1cccc(OC)c1)C(=O)CN(c1ccc(OCC)cc1)S(C)(=O)=O. The fourth-order valence-corrected chi connectivity index (χ4v) is 4.52. The van der Waals surface area contributed by atoms with Crippen LogP contribution in [-0.4, -0.2) is 64.2 Å². The lowest BCUT2D eigenvalue weighted by molar-refractivity contribution is -0.140. The Balaban J connectivity index is 2.41. The van der Waals surface area contributed by atoms with Crippen molar-refractivity contribution in [3.05, 3.63) is 54.1 Å². The number of benzene rings is 2. The lowest BCUT2D eigenvalue weighted by Crippen LogP contribution is -2.52. The Morgan fingerprint density at radius 1 is 1.03 bits per heavy atom. The average Bonchev–Trinajstić information content (AvgIpc) is 2.82. The predicted octanol–water partition coefficient (Wildman–Crippen LogP) is 2.80. The molecule has 1 N–H and O–H groups in total. The van der Waals surface area contributed by atoms with Crippen molar-refractivity contribution in [2.45, 2.75) is 39.8 Å². The molecule has 0 aliphatic rings. The number of nitrogens with one attached hydrogen (secondary N) is 1. The lowest BCUT2D eigenvalue weighted by atomic mass is 10.1. The molecule has 192 valence electrons. The van der Waals surface area contributed by atoms with Crippen LogP contribution in [0.5, 0.6) is 11.5 Å². The summed E-state index contributed by atoms with van der Waals surface area (Å²) in [6.07, 6.45) is 1.41. The van der Waals surface area contributed by atoms with Crippen LogP contribution in [0.2, 0.25) is 0 Å². The molecule has 0 fully saturated rings. The van der Waals surface area contributed by atoms with Crippen LogP contribution in [0, 0.1) is 0 Å². The highest BCUT2D eigenvalue weighted by atomic mass is 32.2. The first-order valence-corrected chi connectivity index (χ1v) is 13.4. The summed E-state index contributed by atoms with van der Waals surface area (Å²) in [4.78, 5) is 27.8. The maximum Gasteiger partial charge on any atom is 0.244 e. The summed E-state index contributed by atoms with van der Waals surface area (Å²) < 4.78 is 37.0. The van der Waals surface area contributed by atoms with Crippen molar-refractivity contribution in [3.63, 3.8) is 0 Å². The van der Waals surface area contributed by atoms with Crippen molar-refractivity contribution in [2.75, 3.05) is 37.4 Å². The molecule has 0 unspecified atom stereocenters. The first kappa shape index (κ1) is 28.0. The van der Waals surface area contributed by atoms with Gasteiger partial charge in [-0.3, -0.25) is 13.9 Å². The highest BCUT2D eigenvalue weighted by Gasteiger charge is 2.31. The molecule has 0 saturated heterocycles. The first-order chi connectivity index (χ1) is 16.6. The molecule has 0 saturated carbocycles. The number of hydrogen-bond acceptors (Lipinski definition) is 6. The molecule has 2 rings (SSSR count). The van der Waals surface area contributed by atoms with Crippen LogP contribution in [0.4, 0.5) is 5.69 Å². The Kier molecular flexibility index (Phi) is 10.4. The van der Waals surface area contributed by atoms with Gasteiger partial charge in [0.25, 0.3) is 0 Å². The number of likely N-dealkylation sites (N-methyl/N-ethyl adjacent to an activating group) is 1. The number of rotatable bonds is 13. The second kappa shape index (κ2) is 13.0. The molecule has 0 spiro atoms. The van der Waals surface area contributed by atoms with Crippen molar-refractivity contribution in [3.8, 4) is 11.5 Å². The summed E-state index contributed by atoms with van der Waals surface area (Å²) >= 11 is 0. The van der Waals surface area contributed by atoms with Crippen molar-refractivity contribution in [1.82, 2.24) is 10.2 Å². The Morgan fingerprint density at radius 3 is 2.26 bits per heavy atom. The summed E-state index contributed by atoms with van der Waals surface area (Å²) in [5.74, 6) is 0.425. The average molecular weight is 506 g/mol. The number of carbonyl (C=O) groups excluding carboxylic acids is 2. The second-order valence-corrected chi connectivity index (χ2v) is 9.80. The van der Waals surface area contributed by atoms with Crippen LogP contribution in [-0.2, 0) is 26.2 Å². The third kappa shape index (κ3) is 7.88. The fraction of sp³-hybridized carbons (Fsp3) is 0.440. The molecular formula is C25H35N3O6S. The Labute approximate surface area is 208 Å². The lowest BCUT2D eigenvalue weighted by Gasteiger charge is -2.32. The van der Waals surface area contributed by atoms with Gasteiger partial charge in [0.2, 0.25) is 21.8 Å². The highest BCUT2D eigenvalue weighted by Crippen LogP contribution is 2.23. The number of carbonyl (C=O) groups is 2. The maximum absolute atomic E-state index is 13.6. The van der Waals surface area contributed by atoms with E-state index in [-0.39, 0.29) is 12.5 Å². The van der Waals surface area contributed by atoms with E-state index in [1.54, 1.807) is 56.5 Å². The monoisotopic (exact) mass is 505 g/mol. The van der Waals surface area contributed by atoms with Crippen molar-refractivity contribution in [2.24, 2.45) is 0 Å². The van der Waals surface area contributed by atoms with Gasteiger partial charge in [0.15, 0.2) is 0 Å². The minimum Gasteiger partial charge on any atom is -0.497 e. The summed E-state index contributed by atoms with van der Waals surface area (Å²) in [6, 6.07) is 12.9. The van der Waals surface area contributed by atoms with Crippen LogP contribution in [0.3, 0.4) is 0 Å².